The Balaban J connectivity index is 1.53. The van der Waals surface area contributed by atoms with Crippen LogP contribution in [0.3, 0.4) is 0 Å². The van der Waals surface area contributed by atoms with Gasteiger partial charge in [0.2, 0.25) is 5.88 Å². The van der Waals surface area contributed by atoms with E-state index in [0.29, 0.717) is 17.3 Å². The van der Waals surface area contributed by atoms with Crippen LogP contribution >= 0.6 is 0 Å². The van der Waals surface area contributed by atoms with Gasteiger partial charge < -0.3 is 10.1 Å². The second-order valence-corrected chi connectivity index (χ2v) is 6.03. The van der Waals surface area contributed by atoms with Crippen LogP contribution in [0.2, 0.25) is 0 Å². The molecule has 2 aromatic heterocycles. The number of tetrazole rings is 1. The molecule has 132 valence electrons. The molecule has 1 amide bonds. The van der Waals surface area contributed by atoms with Crippen LogP contribution in [0.5, 0.6) is 5.88 Å². The number of nitrogens with one attached hydrogen (secondary N) is 1. The number of aryl methyl sites for hydroxylation is 2. The number of carbonyl (C=O) groups excluding carboxylic acids is 1. The van der Waals surface area contributed by atoms with Crippen LogP contribution in [-0.2, 0) is 19.4 Å². The molecule has 0 radical (unpaired) electrons. The van der Waals surface area contributed by atoms with Crippen LogP contribution in [0.25, 0.3) is 5.69 Å². The van der Waals surface area contributed by atoms with Crippen molar-refractivity contribution in [2.45, 2.75) is 25.8 Å². The maximum atomic E-state index is 12.7. The molecule has 26 heavy (non-hydrogen) atoms. The van der Waals surface area contributed by atoms with E-state index in [2.05, 4.69) is 25.8 Å². The van der Waals surface area contributed by atoms with E-state index in [1.807, 2.05) is 36.4 Å². The fourth-order valence-corrected chi connectivity index (χ4v) is 3.11. The lowest BCUT2D eigenvalue weighted by Crippen LogP contribution is -2.25. The van der Waals surface area contributed by atoms with Gasteiger partial charge in [0, 0.05) is 5.69 Å². The topological polar surface area (TPSA) is 94.8 Å². The first kappa shape index (κ1) is 16.2. The maximum absolute atomic E-state index is 12.7. The van der Waals surface area contributed by atoms with Gasteiger partial charge in [0.1, 0.15) is 5.56 Å². The predicted molar refractivity (Wildman–Crippen MR) is 93.1 cm³/mol. The Bertz CT molecular complexity index is 938. The minimum Gasteiger partial charge on any atom is -0.480 e. The van der Waals surface area contributed by atoms with Crippen LogP contribution in [0, 0.1) is 0 Å². The average Bonchev–Trinajstić information content (AvgIpc) is 3.34. The van der Waals surface area contributed by atoms with E-state index < -0.39 is 0 Å². The highest BCUT2D eigenvalue weighted by Crippen LogP contribution is 2.26. The molecule has 1 aromatic carbocycles. The summed E-state index contributed by atoms with van der Waals surface area (Å²) in [5.74, 6) is 0.634. The highest BCUT2D eigenvalue weighted by molar-refractivity contribution is 5.96. The van der Waals surface area contributed by atoms with Crippen molar-refractivity contribution in [3.05, 3.63) is 59.0 Å². The molecule has 1 aliphatic carbocycles. The molecule has 1 N–H and O–H groups in total. The Morgan fingerprint density at radius 3 is 2.92 bits per heavy atom. The highest BCUT2D eigenvalue weighted by Gasteiger charge is 2.21. The fourth-order valence-electron chi connectivity index (χ4n) is 3.11. The van der Waals surface area contributed by atoms with Crippen LogP contribution in [0.1, 0.15) is 33.9 Å². The molecule has 0 saturated carbocycles. The Morgan fingerprint density at radius 1 is 1.27 bits per heavy atom. The predicted octanol–water partition coefficient (Wildman–Crippen LogP) is 1.48. The van der Waals surface area contributed by atoms with Crippen molar-refractivity contribution in [3.8, 4) is 11.6 Å². The van der Waals surface area contributed by atoms with E-state index in [4.69, 9.17) is 4.74 Å². The summed E-state index contributed by atoms with van der Waals surface area (Å²) >= 11 is 0. The van der Waals surface area contributed by atoms with Gasteiger partial charge in [-0.15, -0.1) is 5.10 Å². The number of para-hydroxylation sites is 1. The zero-order valence-corrected chi connectivity index (χ0v) is 14.3. The van der Waals surface area contributed by atoms with Crippen LogP contribution in [0.4, 0.5) is 0 Å². The molecule has 8 heteroatoms. The van der Waals surface area contributed by atoms with E-state index in [-0.39, 0.29) is 12.5 Å². The number of amides is 1. The molecule has 0 spiro atoms. The van der Waals surface area contributed by atoms with E-state index in [9.17, 15) is 4.79 Å². The molecule has 0 fully saturated rings. The first-order chi connectivity index (χ1) is 12.8. The van der Waals surface area contributed by atoms with Gasteiger partial charge in [-0.05, 0) is 53.5 Å². The maximum Gasteiger partial charge on any atom is 0.257 e. The first-order valence-corrected chi connectivity index (χ1v) is 8.44. The number of pyridine rings is 1. The lowest BCUT2D eigenvalue weighted by molar-refractivity contribution is 0.0945. The van der Waals surface area contributed by atoms with E-state index >= 15 is 0 Å². The van der Waals surface area contributed by atoms with Gasteiger partial charge in [-0.3, -0.25) is 4.79 Å². The molecule has 0 aliphatic heterocycles. The van der Waals surface area contributed by atoms with Crippen molar-refractivity contribution >= 4 is 5.91 Å². The quantitative estimate of drug-likeness (QED) is 0.749. The Morgan fingerprint density at radius 2 is 2.12 bits per heavy atom. The molecule has 1 aliphatic rings. The molecule has 0 saturated heterocycles. The SMILES string of the molecule is COc1nc2c(cc1C(=O)NCc1nnnn1-c1ccccc1)CCC2. The summed E-state index contributed by atoms with van der Waals surface area (Å²) in [6, 6.07) is 11.4. The van der Waals surface area contributed by atoms with Gasteiger partial charge >= 0.3 is 0 Å². The number of hydrogen-bond donors (Lipinski definition) is 1. The number of benzene rings is 1. The molecule has 8 nitrogen and oxygen atoms in total. The third-order valence-corrected chi connectivity index (χ3v) is 4.40. The lowest BCUT2D eigenvalue weighted by Gasteiger charge is -2.11. The lowest BCUT2D eigenvalue weighted by atomic mass is 10.1. The van der Waals surface area contributed by atoms with Crippen molar-refractivity contribution in [1.82, 2.24) is 30.5 Å². The Kier molecular flexibility index (Phi) is 4.30. The molecule has 0 bridgehead atoms. The largest absolute Gasteiger partial charge is 0.480 e. The monoisotopic (exact) mass is 350 g/mol. The molecule has 0 atom stereocenters. The molecular weight excluding hydrogens is 332 g/mol. The smallest absolute Gasteiger partial charge is 0.257 e. The summed E-state index contributed by atoms with van der Waals surface area (Å²) in [6.45, 7) is 0.195. The third-order valence-electron chi connectivity index (χ3n) is 4.40. The average molecular weight is 350 g/mol. The Labute approximate surface area is 150 Å². The minimum atomic E-state index is -0.258. The van der Waals surface area contributed by atoms with Gasteiger partial charge in [-0.2, -0.15) is 4.68 Å². The van der Waals surface area contributed by atoms with Crippen LogP contribution < -0.4 is 10.1 Å². The molecule has 0 unspecified atom stereocenters. The second kappa shape index (κ2) is 6.91. The van der Waals surface area contributed by atoms with E-state index in [1.54, 1.807) is 4.68 Å². The highest BCUT2D eigenvalue weighted by atomic mass is 16.5. The number of hydrogen-bond acceptors (Lipinski definition) is 6. The van der Waals surface area contributed by atoms with Crippen molar-refractivity contribution in [3.63, 3.8) is 0 Å². The zero-order chi connectivity index (χ0) is 17.9. The summed E-state index contributed by atoms with van der Waals surface area (Å²) < 4.78 is 6.90. The molecule has 2 heterocycles. The van der Waals surface area contributed by atoms with Crippen molar-refractivity contribution in [1.29, 1.82) is 0 Å². The number of carbonyl (C=O) groups is 1. The van der Waals surface area contributed by atoms with Gasteiger partial charge in [0.25, 0.3) is 5.91 Å². The number of fused-ring (bicyclic) bond motifs is 1. The molecular formula is C18H18N6O2. The fraction of sp³-hybridized carbons (Fsp3) is 0.278. The first-order valence-electron chi connectivity index (χ1n) is 8.44. The van der Waals surface area contributed by atoms with Crippen LogP contribution in [0.15, 0.2) is 36.4 Å². The summed E-state index contributed by atoms with van der Waals surface area (Å²) in [5.41, 5.74) is 3.40. The van der Waals surface area contributed by atoms with Gasteiger partial charge in [-0.1, -0.05) is 18.2 Å². The van der Waals surface area contributed by atoms with E-state index in [0.717, 1.165) is 36.2 Å². The second-order valence-electron chi connectivity index (χ2n) is 6.03. The standard InChI is InChI=1S/C18H18N6O2/c1-26-18-14(10-12-6-5-9-15(12)20-18)17(25)19-11-16-21-22-23-24(16)13-7-3-2-4-8-13/h2-4,7-8,10H,5-6,9,11H2,1H3,(H,19,25). The summed E-state index contributed by atoms with van der Waals surface area (Å²) in [5, 5.41) is 14.5. The minimum absolute atomic E-state index is 0.195. The third kappa shape index (κ3) is 3.01. The summed E-state index contributed by atoms with van der Waals surface area (Å²) in [7, 11) is 1.52. The number of nitrogens with zero attached hydrogens (tertiary/aromatic N) is 5. The Hall–Kier alpha value is -3.29. The van der Waals surface area contributed by atoms with Crippen molar-refractivity contribution in [2.24, 2.45) is 0 Å². The molecule has 4 rings (SSSR count). The van der Waals surface area contributed by atoms with Gasteiger partial charge in [-0.25, -0.2) is 4.98 Å². The zero-order valence-electron chi connectivity index (χ0n) is 14.3. The van der Waals surface area contributed by atoms with E-state index in [1.165, 1.54) is 7.11 Å². The van der Waals surface area contributed by atoms with Gasteiger partial charge in [0.15, 0.2) is 5.82 Å². The number of rotatable bonds is 5. The number of aromatic nitrogens is 5. The van der Waals surface area contributed by atoms with Crippen molar-refractivity contribution < 1.29 is 9.53 Å². The number of ether oxygens (including phenoxy) is 1. The van der Waals surface area contributed by atoms with Gasteiger partial charge in [0.05, 0.1) is 19.3 Å². The van der Waals surface area contributed by atoms with Crippen molar-refractivity contribution in [2.75, 3.05) is 7.11 Å². The number of methoxy groups -OCH3 is 1. The molecule has 3 aromatic rings. The van der Waals surface area contributed by atoms with Crippen LogP contribution in [-0.4, -0.2) is 38.2 Å². The summed E-state index contributed by atoms with van der Waals surface area (Å²) in [4.78, 5) is 17.1. The summed E-state index contributed by atoms with van der Waals surface area (Å²) in [6.07, 6.45) is 2.93. The normalized spacial score (nSPS) is 12.7.